The van der Waals surface area contributed by atoms with E-state index < -0.39 is 6.04 Å². The Hall–Kier alpha value is -0.810. The van der Waals surface area contributed by atoms with Crippen LogP contribution in [0.4, 0.5) is 0 Å². The standard InChI is InChI=1S/C16H29N3O2.ClH/c1-16(2,3)13(17)15(21)19-8-4-5-12(10-19)14(20)18-9-11-6-7-11;/h11-13H,4-10,17H2,1-3H3,(H,18,20);1H/t12?,13-;/m1./s1. The molecule has 1 saturated heterocycles. The number of nitrogens with zero attached hydrogens (tertiary/aromatic N) is 1. The van der Waals surface area contributed by atoms with Gasteiger partial charge in [0.05, 0.1) is 12.0 Å². The lowest BCUT2D eigenvalue weighted by atomic mass is 9.85. The van der Waals surface area contributed by atoms with Crippen molar-refractivity contribution in [1.29, 1.82) is 0 Å². The van der Waals surface area contributed by atoms with Gasteiger partial charge in [-0.3, -0.25) is 9.59 Å². The number of piperidine rings is 1. The molecule has 2 amide bonds. The number of nitrogens with two attached hydrogens (primary N) is 1. The van der Waals surface area contributed by atoms with Crippen molar-refractivity contribution >= 4 is 24.2 Å². The molecule has 0 radical (unpaired) electrons. The summed E-state index contributed by atoms with van der Waals surface area (Å²) >= 11 is 0. The van der Waals surface area contributed by atoms with Crippen LogP contribution in [0.3, 0.4) is 0 Å². The first-order valence-corrected chi connectivity index (χ1v) is 8.11. The SMILES string of the molecule is CC(C)(C)[C@H](N)C(=O)N1CCCC(C(=O)NCC2CC2)C1.Cl. The normalized spacial score (nSPS) is 23.5. The minimum absolute atomic E-state index is 0. The van der Waals surface area contributed by atoms with Gasteiger partial charge in [0.1, 0.15) is 0 Å². The van der Waals surface area contributed by atoms with Crippen molar-refractivity contribution in [2.75, 3.05) is 19.6 Å². The van der Waals surface area contributed by atoms with E-state index >= 15 is 0 Å². The van der Waals surface area contributed by atoms with Gasteiger partial charge in [-0.15, -0.1) is 12.4 Å². The first-order valence-electron chi connectivity index (χ1n) is 8.11. The minimum atomic E-state index is -0.509. The Kier molecular flexibility index (Phi) is 6.68. The Morgan fingerprint density at radius 3 is 2.45 bits per heavy atom. The van der Waals surface area contributed by atoms with Gasteiger partial charge in [0.2, 0.25) is 11.8 Å². The van der Waals surface area contributed by atoms with E-state index in [1.54, 1.807) is 4.90 Å². The third-order valence-electron chi connectivity index (χ3n) is 4.56. The molecule has 2 atom stereocenters. The van der Waals surface area contributed by atoms with Crippen LogP contribution in [0, 0.1) is 17.3 Å². The van der Waals surface area contributed by atoms with Crippen LogP contribution in [0.25, 0.3) is 0 Å². The van der Waals surface area contributed by atoms with E-state index in [4.69, 9.17) is 5.73 Å². The highest BCUT2D eigenvalue weighted by Crippen LogP contribution is 2.28. The van der Waals surface area contributed by atoms with Gasteiger partial charge in [0, 0.05) is 19.6 Å². The molecule has 0 aromatic heterocycles. The summed E-state index contributed by atoms with van der Waals surface area (Å²) in [5.41, 5.74) is 5.81. The molecule has 22 heavy (non-hydrogen) atoms. The van der Waals surface area contributed by atoms with Gasteiger partial charge in [-0.25, -0.2) is 0 Å². The minimum Gasteiger partial charge on any atom is -0.356 e. The number of carbonyl (C=O) groups excluding carboxylic acids is 2. The van der Waals surface area contributed by atoms with Crippen LogP contribution in [0.2, 0.25) is 0 Å². The molecule has 1 saturated carbocycles. The highest BCUT2D eigenvalue weighted by molar-refractivity contribution is 5.85. The van der Waals surface area contributed by atoms with Gasteiger partial charge in [0.15, 0.2) is 0 Å². The number of halogens is 1. The van der Waals surface area contributed by atoms with Gasteiger partial charge in [0.25, 0.3) is 0 Å². The summed E-state index contributed by atoms with van der Waals surface area (Å²) in [4.78, 5) is 26.4. The Morgan fingerprint density at radius 2 is 1.91 bits per heavy atom. The van der Waals surface area contributed by atoms with E-state index in [0.717, 1.165) is 25.9 Å². The van der Waals surface area contributed by atoms with Crippen LogP contribution in [-0.4, -0.2) is 42.4 Å². The first kappa shape index (κ1) is 19.2. The molecule has 128 valence electrons. The van der Waals surface area contributed by atoms with Gasteiger partial charge in [-0.2, -0.15) is 0 Å². The van der Waals surface area contributed by atoms with Crippen molar-refractivity contribution in [3.05, 3.63) is 0 Å². The maximum atomic E-state index is 12.5. The van der Waals surface area contributed by atoms with Crippen LogP contribution in [-0.2, 0) is 9.59 Å². The van der Waals surface area contributed by atoms with E-state index in [1.165, 1.54) is 12.8 Å². The molecule has 0 spiro atoms. The zero-order valence-corrected chi connectivity index (χ0v) is 14.7. The monoisotopic (exact) mass is 331 g/mol. The number of nitrogens with one attached hydrogen (secondary N) is 1. The van der Waals surface area contributed by atoms with E-state index in [9.17, 15) is 9.59 Å². The van der Waals surface area contributed by atoms with Crippen molar-refractivity contribution < 1.29 is 9.59 Å². The maximum Gasteiger partial charge on any atom is 0.240 e. The molecule has 1 unspecified atom stereocenters. The van der Waals surface area contributed by atoms with Crippen molar-refractivity contribution in [2.24, 2.45) is 23.0 Å². The van der Waals surface area contributed by atoms with Gasteiger partial charge in [-0.1, -0.05) is 20.8 Å². The third-order valence-corrected chi connectivity index (χ3v) is 4.56. The van der Waals surface area contributed by atoms with Crippen molar-refractivity contribution in [2.45, 2.75) is 52.5 Å². The molecule has 1 heterocycles. The van der Waals surface area contributed by atoms with Crippen LogP contribution >= 0.6 is 12.4 Å². The van der Waals surface area contributed by atoms with E-state index in [2.05, 4.69) is 5.32 Å². The smallest absolute Gasteiger partial charge is 0.240 e. The quantitative estimate of drug-likeness (QED) is 0.820. The van der Waals surface area contributed by atoms with Gasteiger partial charge >= 0.3 is 0 Å². The summed E-state index contributed by atoms with van der Waals surface area (Å²) in [6.45, 7) is 7.94. The Labute approximate surface area is 139 Å². The third kappa shape index (κ3) is 5.13. The fourth-order valence-corrected chi connectivity index (χ4v) is 2.67. The predicted molar refractivity (Wildman–Crippen MR) is 89.7 cm³/mol. The lowest BCUT2D eigenvalue weighted by Gasteiger charge is -2.36. The Balaban J connectivity index is 0.00000242. The van der Waals surface area contributed by atoms with Crippen LogP contribution in [0.15, 0.2) is 0 Å². The Morgan fingerprint density at radius 1 is 1.27 bits per heavy atom. The number of amides is 2. The number of rotatable bonds is 4. The molecule has 0 aromatic carbocycles. The van der Waals surface area contributed by atoms with Crippen molar-refractivity contribution in [1.82, 2.24) is 10.2 Å². The van der Waals surface area contributed by atoms with Gasteiger partial charge < -0.3 is 16.0 Å². The molecule has 3 N–H and O–H groups in total. The average molecular weight is 332 g/mol. The van der Waals surface area contributed by atoms with E-state index in [-0.39, 0.29) is 35.6 Å². The average Bonchev–Trinajstić information content (AvgIpc) is 3.26. The van der Waals surface area contributed by atoms with Crippen molar-refractivity contribution in [3.63, 3.8) is 0 Å². The second kappa shape index (κ2) is 7.64. The molecule has 0 bridgehead atoms. The molecule has 1 aliphatic carbocycles. The number of likely N-dealkylation sites (tertiary alicyclic amines) is 1. The van der Waals surface area contributed by atoms with E-state index in [0.29, 0.717) is 12.5 Å². The highest BCUT2D eigenvalue weighted by atomic mass is 35.5. The number of hydrogen-bond donors (Lipinski definition) is 2. The number of carbonyl (C=O) groups is 2. The summed E-state index contributed by atoms with van der Waals surface area (Å²) < 4.78 is 0. The predicted octanol–water partition coefficient (Wildman–Crippen LogP) is 1.55. The second-order valence-corrected chi connectivity index (χ2v) is 7.66. The summed E-state index contributed by atoms with van der Waals surface area (Å²) in [6, 6.07) is -0.509. The molecule has 2 rings (SSSR count). The summed E-state index contributed by atoms with van der Waals surface area (Å²) in [7, 11) is 0. The first-order chi connectivity index (χ1) is 9.79. The molecule has 0 aromatic rings. The topological polar surface area (TPSA) is 75.4 Å². The lowest BCUT2D eigenvalue weighted by molar-refractivity contribution is -0.138. The molecular weight excluding hydrogens is 302 g/mol. The zero-order chi connectivity index (χ0) is 15.6. The van der Waals surface area contributed by atoms with Crippen LogP contribution in [0.5, 0.6) is 0 Å². The summed E-state index contributed by atoms with van der Waals surface area (Å²) in [5, 5.41) is 3.03. The maximum absolute atomic E-state index is 12.5. The van der Waals surface area contributed by atoms with E-state index in [1.807, 2.05) is 20.8 Å². The summed E-state index contributed by atoms with van der Waals surface area (Å²) in [6.07, 6.45) is 4.21. The van der Waals surface area contributed by atoms with Crippen LogP contribution < -0.4 is 11.1 Å². The molecular formula is C16H30ClN3O2. The van der Waals surface area contributed by atoms with Crippen LogP contribution in [0.1, 0.15) is 46.5 Å². The largest absolute Gasteiger partial charge is 0.356 e. The highest BCUT2D eigenvalue weighted by Gasteiger charge is 2.35. The second-order valence-electron chi connectivity index (χ2n) is 7.66. The Bertz CT molecular complexity index is 405. The summed E-state index contributed by atoms with van der Waals surface area (Å²) in [5.74, 6) is 0.684. The van der Waals surface area contributed by atoms with Crippen molar-refractivity contribution in [3.8, 4) is 0 Å². The molecule has 5 nitrogen and oxygen atoms in total. The van der Waals surface area contributed by atoms with Gasteiger partial charge in [-0.05, 0) is 37.0 Å². The molecule has 2 aliphatic rings. The fourth-order valence-electron chi connectivity index (χ4n) is 2.67. The fraction of sp³-hybridized carbons (Fsp3) is 0.875. The molecule has 2 fully saturated rings. The lowest BCUT2D eigenvalue weighted by Crippen LogP contribution is -2.54. The zero-order valence-electron chi connectivity index (χ0n) is 13.9. The number of hydrogen-bond acceptors (Lipinski definition) is 3. The molecule has 6 heteroatoms. The molecule has 1 aliphatic heterocycles.